The monoisotopic (exact) mass is 360 g/mol. The Hall–Kier alpha value is -2.47. The van der Waals surface area contributed by atoms with Gasteiger partial charge in [0.1, 0.15) is 23.9 Å². The lowest BCUT2D eigenvalue weighted by Gasteiger charge is -2.17. The lowest BCUT2D eigenvalue weighted by atomic mass is 10.3. The number of benzene rings is 1. The molecule has 1 aromatic carbocycles. The van der Waals surface area contributed by atoms with Crippen molar-refractivity contribution < 1.29 is 18.7 Å². The van der Waals surface area contributed by atoms with Crippen LogP contribution in [0.3, 0.4) is 0 Å². The molecule has 6 nitrogen and oxygen atoms in total. The third kappa shape index (κ3) is 6.11. The zero-order valence-electron chi connectivity index (χ0n) is 15.8. The van der Waals surface area contributed by atoms with Gasteiger partial charge in [0.25, 0.3) is 5.91 Å². The van der Waals surface area contributed by atoms with Gasteiger partial charge in [-0.2, -0.15) is 0 Å². The van der Waals surface area contributed by atoms with Crippen molar-refractivity contribution in [1.29, 1.82) is 0 Å². The number of hydrogen-bond acceptors (Lipinski definition) is 5. The van der Waals surface area contributed by atoms with Gasteiger partial charge in [0.15, 0.2) is 5.76 Å². The first-order valence-electron chi connectivity index (χ1n) is 9.11. The highest BCUT2D eigenvalue weighted by molar-refractivity contribution is 5.91. The Morgan fingerprint density at radius 3 is 2.27 bits per heavy atom. The highest BCUT2D eigenvalue weighted by Gasteiger charge is 2.11. The Balaban J connectivity index is 1.78. The fourth-order valence-electron chi connectivity index (χ4n) is 2.49. The average molecular weight is 360 g/mol. The molecule has 1 N–H and O–H groups in total. The lowest BCUT2D eigenvalue weighted by Crippen LogP contribution is -2.34. The van der Waals surface area contributed by atoms with Crippen molar-refractivity contribution in [2.45, 2.75) is 27.4 Å². The van der Waals surface area contributed by atoms with Crippen LogP contribution in [0, 0.1) is 0 Å². The van der Waals surface area contributed by atoms with E-state index in [4.69, 9.17) is 13.9 Å². The summed E-state index contributed by atoms with van der Waals surface area (Å²) in [5.41, 5.74) is 0. The summed E-state index contributed by atoms with van der Waals surface area (Å²) >= 11 is 0. The molecule has 0 spiro atoms. The van der Waals surface area contributed by atoms with Gasteiger partial charge in [-0.1, -0.05) is 13.8 Å². The first-order valence-corrected chi connectivity index (χ1v) is 9.11. The summed E-state index contributed by atoms with van der Waals surface area (Å²) in [5.74, 6) is 2.23. The predicted octanol–water partition coefficient (Wildman–Crippen LogP) is 3.33. The minimum Gasteiger partial charge on any atom is -0.494 e. The zero-order chi connectivity index (χ0) is 18.8. The van der Waals surface area contributed by atoms with Crippen molar-refractivity contribution in [3.8, 4) is 11.5 Å². The van der Waals surface area contributed by atoms with E-state index >= 15 is 0 Å². The molecule has 1 aromatic heterocycles. The Morgan fingerprint density at radius 1 is 1.00 bits per heavy atom. The van der Waals surface area contributed by atoms with Crippen LogP contribution < -0.4 is 14.8 Å². The highest BCUT2D eigenvalue weighted by atomic mass is 16.5. The molecule has 26 heavy (non-hydrogen) atoms. The minimum absolute atomic E-state index is 0.204. The van der Waals surface area contributed by atoms with E-state index in [0.717, 1.165) is 31.1 Å². The van der Waals surface area contributed by atoms with Crippen LogP contribution in [0.5, 0.6) is 11.5 Å². The number of nitrogens with zero attached hydrogens (tertiary/aromatic N) is 1. The summed E-state index contributed by atoms with van der Waals surface area (Å²) in [5, 5.41) is 2.87. The van der Waals surface area contributed by atoms with Crippen LogP contribution in [0.4, 0.5) is 0 Å². The van der Waals surface area contributed by atoms with Gasteiger partial charge in [-0.25, -0.2) is 0 Å². The van der Waals surface area contributed by atoms with Crippen LogP contribution in [0.1, 0.15) is 37.1 Å². The van der Waals surface area contributed by atoms with Crippen molar-refractivity contribution in [3.05, 3.63) is 47.9 Å². The van der Waals surface area contributed by atoms with Crippen LogP contribution in [-0.4, -0.2) is 43.6 Å². The van der Waals surface area contributed by atoms with Gasteiger partial charge in [-0.15, -0.1) is 0 Å². The van der Waals surface area contributed by atoms with Crippen LogP contribution in [-0.2, 0) is 6.61 Å². The van der Waals surface area contributed by atoms with E-state index in [1.165, 1.54) is 0 Å². The summed E-state index contributed by atoms with van der Waals surface area (Å²) in [6, 6.07) is 10.8. The average Bonchev–Trinajstić information content (AvgIpc) is 3.14. The first-order chi connectivity index (χ1) is 12.7. The number of ether oxygens (including phenoxy) is 2. The minimum atomic E-state index is -0.204. The molecule has 2 aromatic rings. The van der Waals surface area contributed by atoms with Gasteiger partial charge >= 0.3 is 0 Å². The van der Waals surface area contributed by atoms with E-state index in [1.54, 1.807) is 12.1 Å². The Labute approximate surface area is 155 Å². The zero-order valence-corrected chi connectivity index (χ0v) is 15.8. The molecule has 6 heteroatoms. The SMILES string of the molecule is CCOc1ccc(OCc2ccc(C(=O)NCCN(CC)CC)o2)cc1. The van der Waals surface area contributed by atoms with E-state index in [0.29, 0.717) is 24.7 Å². The maximum Gasteiger partial charge on any atom is 0.287 e. The highest BCUT2D eigenvalue weighted by Crippen LogP contribution is 2.19. The van der Waals surface area contributed by atoms with Crippen molar-refractivity contribution in [3.63, 3.8) is 0 Å². The molecule has 0 aliphatic heterocycles. The molecule has 0 atom stereocenters. The molecule has 0 fully saturated rings. The smallest absolute Gasteiger partial charge is 0.287 e. The molecule has 0 aliphatic rings. The molecule has 0 saturated carbocycles. The lowest BCUT2D eigenvalue weighted by molar-refractivity contribution is 0.0917. The fraction of sp³-hybridized carbons (Fsp3) is 0.450. The first kappa shape index (κ1) is 19.8. The van der Waals surface area contributed by atoms with Crippen molar-refractivity contribution >= 4 is 5.91 Å². The molecule has 0 bridgehead atoms. The van der Waals surface area contributed by atoms with Crippen LogP contribution in [0.15, 0.2) is 40.8 Å². The molecular formula is C20H28N2O4. The van der Waals surface area contributed by atoms with E-state index < -0.39 is 0 Å². The van der Waals surface area contributed by atoms with Crippen LogP contribution in [0.2, 0.25) is 0 Å². The van der Waals surface area contributed by atoms with Gasteiger partial charge < -0.3 is 24.1 Å². The fourth-order valence-corrected chi connectivity index (χ4v) is 2.49. The molecule has 0 radical (unpaired) electrons. The van der Waals surface area contributed by atoms with Crippen molar-refractivity contribution in [2.75, 3.05) is 32.8 Å². The largest absolute Gasteiger partial charge is 0.494 e. The summed E-state index contributed by atoms with van der Waals surface area (Å²) in [7, 11) is 0. The number of carbonyl (C=O) groups excluding carboxylic acids is 1. The molecular weight excluding hydrogens is 332 g/mol. The third-order valence-corrected chi connectivity index (χ3v) is 4.01. The Morgan fingerprint density at radius 2 is 1.65 bits per heavy atom. The summed E-state index contributed by atoms with van der Waals surface area (Å²) in [6.45, 7) is 10.4. The number of nitrogens with one attached hydrogen (secondary N) is 1. The predicted molar refractivity (Wildman–Crippen MR) is 101 cm³/mol. The second-order valence-corrected chi connectivity index (χ2v) is 5.74. The summed E-state index contributed by atoms with van der Waals surface area (Å²) in [6.07, 6.45) is 0. The molecule has 0 saturated heterocycles. The molecule has 142 valence electrons. The topological polar surface area (TPSA) is 63.9 Å². The van der Waals surface area contributed by atoms with Gasteiger partial charge in [-0.3, -0.25) is 4.79 Å². The van der Waals surface area contributed by atoms with Crippen LogP contribution in [0.25, 0.3) is 0 Å². The van der Waals surface area contributed by atoms with E-state index in [1.807, 2.05) is 31.2 Å². The maximum atomic E-state index is 12.1. The molecule has 0 aliphatic carbocycles. The summed E-state index contributed by atoms with van der Waals surface area (Å²) < 4.78 is 16.6. The standard InChI is InChI=1S/C20H28N2O4/c1-4-22(5-2)14-13-21-20(23)19-12-11-18(26-19)15-25-17-9-7-16(8-10-17)24-6-3/h7-12H,4-6,13-15H2,1-3H3,(H,21,23). The number of likely N-dealkylation sites (N-methyl/N-ethyl adjacent to an activating group) is 1. The van der Waals surface area contributed by atoms with Gasteiger partial charge in [0.2, 0.25) is 0 Å². The third-order valence-electron chi connectivity index (χ3n) is 4.01. The van der Waals surface area contributed by atoms with E-state index in [2.05, 4.69) is 24.1 Å². The normalized spacial score (nSPS) is 10.8. The van der Waals surface area contributed by atoms with Crippen molar-refractivity contribution in [2.24, 2.45) is 0 Å². The molecule has 2 rings (SSSR count). The molecule has 1 heterocycles. The second kappa shape index (κ2) is 10.5. The van der Waals surface area contributed by atoms with E-state index in [-0.39, 0.29) is 12.5 Å². The molecule has 1 amide bonds. The number of carbonyl (C=O) groups is 1. The Kier molecular flexibility index (Phi) is 8.02. The number of rotatable bonds is 11. The van der Waals surface area contributed by atoms with Crippen LogP contribution >= 0.6 is 0 Å². The van der Waals surface area contributed by atoms with E-state index in [9.17, 15) is 4.79 Å². The second-order valence-electron chi connectivity index (χ2n) is 5.74. The van der Waals surface area contributed by atoms with Gasteiger partial charge in [0.05, 0.1) is 6.61 Å². The summed E-state index contributed by atoms with van der Waals surface area (Å²) in [4.78, 5) is 14.4. The Bertz CT molecular complexity index is 663. The maximum absolute atomic E-state index is 12.1. The number of furan rings is 1. The van der Waals surface area contributed by atoms with Gasteiger partial charge in [0, 0.05) is 13.1 Å². The molecule has 0 unspecified atom stereocenters. The quantitative estimate of drug-likeness (QED) is 0.666. The number of hydrogen-bond donors (Lipinski definition) is 1. The van der Waals surface area contributed by atoms with Gasteiger partial charge in [-0.05, 0) is 56.4 Å². The number of amides is 1. The van der Waals surface area contributed by atoms with Crippen molar-refractivity contribution in [1.82, 2.24) is 10.2 Å².